The van der Waals surface area contributed by atoms with E-state index < -0.39 is 6.10 Å². The number of aliphatic hydroxyl groups is 1. The molecule has 18 heavy (non-hydrogen) atoms. The minimum Gasteiger partial charge on any atom is -0.376 e. The number of rotatable bonds is 1. The average Bonchev–Trinajstić information content (AvgIpc) is 2.45. The lowest BCUT2D eigenvalue weighted by atomic mass is 9.95. The van der Waals surface area contributed by atoms with E-state index >= 15 is 0 Å². The maximum absolute atomic E-state index is 9.95. The third-order valence-electron chi connectivity index (χ3n) is 3.25. The van der Waals surface area contributed by atoms with Gasteiger partial charge in [-0.3, -0.25) is 0 Å². The summed E-state index contributed by atoms with van der Waals surface area (Å²) in [6, 6.07) is 18.1. The fourth-order valence-corrected chi connectivity index (χ4v) is 2.40. The standard InChI is InChI=1S/C17H12O/c1-2-17(18)16-11-12-7-3-4-8-13(12)14-9-5-6-10-15(14)16/h1,3-11,17-18H/t17-/m1/s1. The molecule has 0 saturated carbocycles. The number of aliphatic hydroxyl groups excluding tert-OH is 1. The van der Waals surface area contributed by atoms with E-state index in [1.807, 2.05) is 42.5 Å². The van der Waals surface area contributed by atoms with Crippen molar-refractivity contribution in [2.24, 2.45) is 0 Å². The van der Waals surface area contributed by atoms with Crippen LogP contribution < -0.4 is 0 Å². The highest BCUT2D eigenvalue weighted by atomic mass is 16.3. The quantitative estimate of drug-likeness (QED) is 0.501. The van der Waals surface area contributed by atoms with Crippen molar-refractivity contribution in [2.75, 3.05) is 0 Å². The molecule has 0 unspecified atom stereocenters. The van der Waals surface area contributed by atoms with Crippen LogP contribution >= 0.6 is 0 Å². The molecular formula is C17H12O. The zero-order valence-corrected chi connectivity index (χ0v) is 9.80. The van der Waals surface area contributed by atoms with Crippen LogP contribution in [0.2, 0.25) is 0 Å². The van der Waals surface area contributed by atoms with E-state index in [-0.39, 0.29) is 0 Å². The number of benzene rings is 3. The first kappa shape index (κ1) is 10.8. The highest BCUT2D eigenvalue weighted by molar-refractivity contribution is 6.09. The summed E-state index contributed by atoms with van der Waals surface area (Å²) in [5.74, 6) is 2.39. The van der Waals surface area contributed by atoms with Gasteiger partial charge >= 0.3 is 0 Å². The number of hydrogen-bond acceptors (Lipinski definition) is 1. The van der Waals surface area contributed by atoms with Gasteiger partial charge in [0.25, 0.3) is 0 Å². The minimum atomic E-state index is -0.862. The molecule has 0 aliphatic rings. The Morgan fingerprint density at radius 3 is 2.22 bits per heavy atom. The summed E-state index contributed by atoms with van der Waals surface area (Å²) in [6.45, 7) is 0. The molecule has 0 aromatic heterocycles. The van der Waals surface area contributed by atoms with Gasteiger partial charge in [0.15, 0.2) is 0 Å². The Kier molecular flexibility index (Phi) is 2.51. The number of terminal acetylenes is 1. The van der Waals surface area contributed by atoms with Gasteiger partial charge in [0, 0.05) is 5.56 Å². The van der Waals surface area contributed by atoms with E-state index in [0.717, 1.165) is 21.7 Å². The first-order valence-corrected chi connectivity index (χ1v) is 5.86. The van der Waals surface area contributed by atoms with Crippen LogP contribution in [-0.2, 0) is 0 Å². The van der Waals surface area contributed by atoms with Crippen molar-refractivity contribution < 1.29 is 5.11 Å². The summed E-state index contributed by atoms with van der Waals surface area (Å²) in [5.41, 5.74) is 0.798. The van der Waals surface area contributed by atoms with Crippen molar-refractivity contribution in [1.29, 1.82) is 0 Å². The van der Waals surface area contributed by atoms with Crippen molar-refractivity contribution in [3.8, 4) is 12.3 Å². The minimum absolute atomic E-state index is 0.798. The second-order valence-corrected chi connectivity index (χ2v) is 4.30. The molecule has 0 bridgehead atoms. The van der Waals surface area contributed by atoms with Crippen molar-refractivity contribution in [1.82, 2.24) is 0 Å². The normalized spacial score (nSPS) is 12.4. The monoisotopic (exact) mass is 232 g/mol. The van der Waals surface area contributed by atoms with Crippen LogP contribution in [0, 0.1) is 12.3 Å². The van der Waals surface area contributed by atoms with Crippen LogP contribution in [-0.4, -0.2) is 5.11 Å². The number of hydrogen-bond donors (Lipinski definition) is 1. The molecule has 3 rings (SSSR count). The average molecular weight is 232 g/mol. The molecule has 0 spiro atoms. The van der Waals surface area contributed by atoms with Gasteiger partial charge in [0.2, 0.25) is 0 Å². The molecule has 0 heterocycles. The maximum Gasteiger partial charge on any atom is 0.140 e. The second-order valence-electron chi connectivity index (χ2n) is 4.30. The Hall–Kier alpha value is -2.30. The van der Waals surface area contributed by atoms with Crippen molar-refractivity contribution in [3.05, 3.63) is 60.2 Å². The Bertz CT molecular complexity index is 765. The van der Waals surface area contributed by atoms with E-state index in [9.17, 15) is 5.11 Å². The van der Waals surface area contributed by atoms with Crippen LogP contribution in [0.1, 0.15) is 11.7 Å². The van der Waals surface area contributed by atoms with Gasteiger partial charge in [-0.1, -0.05) is 54.5 Å². The highest BCUT2D eigenvalue weighted by Crippen LogP contribution is 2.31. The SMILES string of the molecule is C#C[C@@H](O)c1cc2ccccc2c2ccccc12. The topological polar surface area (TPSA) is 20.2 Å². The Labute approximate surface area is 106 Å². The van der Waals surface area contributed by atoms with E-state index in [1.54, 1.807) is 0 Å². The first-order valence-electron chi connectivity index (χ1n) is 5.86. The zero-order chi connectivity index (χ0) is 12.5. The molecular weight excluding hydrogens is 220 g/mol. The van der Waals surface area contributed by atoms with E-state index in [1.165, 1.54) is 5.39 Å². The van der Waals surface area contributed by atoms with Crippen molar-refractivity contribution >= 4 is 21.5 Å². The van der Waals surface area contributed by atoms with Crippen molar-refractivity contribution in [3.63, 3.8) is 0 Å². The molecule has 86 valence electrons. The lowest BCUT2D eigenvalue weighted by Gasteiger charge is -2.11. The third kappa shape index (κ3) is 1.55. The van der Waals surface area contributed by atoms with Crippen LogP contribution in [0.25, 0.3) is 21.5 Å². The summed E-state index contributed by atoms with van der Waals surface area (Å²) in [5, 5.41) is 14.4. The first-order chi connectivity index (χ1) is 8.81. The summed E-state index contributed by atoms with van der Waals surface area (Å²) in [7, 11) is 0. The van der Waals surface area contributed by atoms with Gasteiger partial charge in [0.1, 0.15) is 6.10 Å². The summed E-state index contributed by atoms with van der Waals surface area (Å²) in [6.07, 6.45) is 4.48. The fourth-order valence-electron chi connectivity index (χ4n) is 2.40. The molecule has 1 atom stereocenters. The van der Waals surface area contributed by atoms with Crippen LogP contribution in [0.5, 0.6) is 0 Å². The predicted octanol–water partition coefficient (Wildman–Crippen LogP) is 3.66. The second kappa shape index (κ2) is 4.18. The Balaban J connectivity index is 2.51. The maximum atomic E-state index is 9.95. The lowest BCUT2D eigenvalue weighted by molar-refractivity contribution is 0.240. The van der Waals surface area contributed by atoms with Gasteiger partial charge in [0.05, 0.1) is 0 Å². The molecule has 1 N–H and O–H groups in total. The largest absolute Gasteiger partial charge is 0.376 e. The molecule has 3 aromatic carbocycles. The molecule has 1 nitrogen and oxygen atoms in total. The van der Waals surface area contributed by atoms with Gasteiger partial charge in [-0.2, -0.15) is 0 Å². The zero-order valence-electron chi connectivity index (χ0n) is 9.80. The van der Waals surface area contributed by atoms with Gasteiger partial charge < -0.3 is 5.11 Å². The molecule has 0 amide bonds. The van der Waals surface area contributed by atoms with E-state index in [2.05, 4.69) is 18.1 Å². The molecule has 0 saturated heterocycles. The Morgan fingerprint density at radius 2 is 1.50 bits per heavy atom. The van der Waals surface area contributed by atoms with Crippen molar-refractivity contribution in [2.45, 2.75) is 6.10 Å². The number of fused-ring (bicyclic) bond motifs is 3. The van der Waals surface area contributed by atoms with Gasteiger partial charge in [-0.15, -0.1) is 6.42 Å². The predicted molar refractivity (Wildman–Crippen MR) is 75.2 cm³/mol. The molecule has 1 heteroatoms. The lowest BCUT2D eigenvalue weighted by Crippen LogP contribution is -1.95. The molecule has 0 aliphatic heterocycles. The molecule has 0 aliphatic carbocycles. The van der Waals surface area contributed by atoms with Crippen LogP contribution in [0.15, 0.2) is 54.6 Å². The van der Waals surface area contributed by atoms with Gasteiger partial charge in [-0.05, 0) is 27.6 Å². The summed E-state index contributed by atoms with van der Waals surface area (Å²) >= 11 is 0. The molecule has 3 aromatic rings. The smallest absolute Gasteiger partial charge is 0.140 e. The van der Waals surface area contributed by atoms with Gasteiger partial charge in [-0.25, -0.2) is 0 Å². The van der Waals surface area contributed by atoms with Crippen LogP contribution in [0.3, 0.4) is 0 Å². The summed E-state index contributed by atoms with van der Waals surface area (Å²) in [4.78, 5) is 0. The summed E-state index contributed by atoms with van der Waals surface area (Å²) < 4.78 is 0. The molecule has 0 fully saturated rings. The fraction of sp³-hybridized carbons (Fsp3) is 0.0588. The highest BCUT2D eigenvalue weighted by Gasteiger charge is 2.10. The van der Waals surface area contributed by atoms with E-state index in [4.69, 9.17) is 6.42 Å². The third-order valence-corrected chi connectivity index (χ3v) is 3.25. The van der Waals surface area contributed by atoms with E-state index in [0.29, 0.717) is 0 Å². The molecule has 0 radical (unpaired) electrons. The Morgan fingerprint density at radius 1 is 0.889 bits per heavy atom. The van der Waals surface area contributed by atoms with Crippen LogP contribution in [0.4, 0.5) is 0 Å².